The number of nitrogens with one attached hydrogen (secondary N) is 2. The highest BCUT2D eigenvalue weighted by atomic mass is 19.1. The van der Waals surface area contributed by atoms with E-state index in [9.17, 15) is 14.0 Å². The second-order valence-electron chi connectivity index (χ2n) is 7.00. The molecule has 144 valence electrons. The van der Waals surface area contributed by atoms with Crippen molar-refractivity contribution >= 4 is 35.1 Å². The molecular formula is C21H21FN4O2. The third-order valence-electron chi connectivity index (χ3n) is 5.13. The molecule has 2 aromatic rings. The zero-order chi connectivity index (χ0) is 19.7. The Balaban J connectivity index is 1.54. The molecule has 1 atom stereocenters. The summed E-state index contributed by atoms with van der Waals surface area (Å²) in [5.74, 6) is -1.03. The maximum Gasteiger partial charge on any atom is 0.237 e. The van der Waals surface area contributed by atoms with Crippen LogP contribution in [0.1, 0.15) is 23.5 Å². The molecule has 2 aromatic carbocycles. The molecule has 0 bridgehead atoms. The maximum atomic E-state index is 14.6. The van der Waals surface area contributed by atoms with Crippen molar-refractivity contribution in [1.82, 2.24) is 5.32 Å². The van der Waals surface area contributed by atoms with Gasteiger partial charge in [0.2, 0.25) is 11.8 Å². The Kier molecular flexibility index (Phi) is 4.81. The molecule has 2 amide bonds. The number of halogens is 1. The lowest BCUT2D eigenvalue weighted by molar-refractivity contribution is -0.120. The average molecular weight is 380 g/mol. The van der Waals surface area contributed by atoms with E-state index < -0.39 is 11.7 Å². The van der Waals surface area contributed by atoms with Crippen LogP contribution in [0.5, 0.6) is 0 Å². The Labute approximate surface area is 162 Å². The Morgan fingerprint density at radius 3 is 2.89 bits per heavy atom. The Morgan fingerprint density at radius 1 is 1.21 bits per heavy atom. The summed E-state index contributed by atoms with van der Waals surface area (Å²) in [7, 11) is 0. The number of hydrogen-bond acceptors (Lipinski definition) is 4. The molecule has 4 rings (SSSR count). The number of rotatable bonds is 3. The van der Waals surface area contributed by atoms with E-state index in [1.807, 2.05) is 30.0 Å². The number of anilines is 2. The highest BCUT2D eigenvalue weighted by Crippen LogP contribution is 2.34. The fraction of sp³-hybridized carbons (Fsp3) is 0.286. The molecule has 0 saturated carbocycles. The zero-order valence-electron chi connectivity index (χ0n) is 15.5. The van der Waals surface area contributed by atoms with E-state index in [0.717, 1.165) is 16.8 Å². The van der Waals surface area contributed by atoms with Crippen LogP contribution in [0.4, 0.5) is 21.5 Å². The molecule has 1 fully saturated rings. The first kappa shape index (κ1) is 18.2. The SMILES string of the molecule is Cc1cccc2c1C(C=Nc1ccc(N3CCNC(=O)CC3)c(F)c1)C(=O)N2. The van der Waals surface area contributed by atoms with Crippen molar-refractivity contribution in [3.63, 3.8) is 0 Å². The van der Waals surface area contributed by atoms with Crippen LogP contribution in [0, 0.1) is 12.7 Å². The van der Waals surface area contributed by atoms with Gasteiger partial charge in [-0.25, -0.2) is 4.39 Å². The van der Waals surface area contributed by atoms with Gasteiger partial charge in [-0.15, -0.1) is 0 Å². The first-order valence-electron chi connectivity index (χ1n) is 9.28. The lowest BCUT2D eigenvalue weighted by Gasteiger charge is -2.22. The summed E-state index contributed by atoms with van der Waals surface area (Å²) in [5, 5.41) is 5.63. The van der Waals surface area contributed by atoms with Gasteiger partial charge in [-0.3, -0.25) is 14.6 Å². The van der Waals surface area contributed by atoms with Gasteiger partial charge in [0.15, 0.2) is 0 Å². The molecule has 1 saturated heterocycles. The number of carbonyl (C=O) groups excluding carboxylic acids is 2. The van der Waals surface area contributed by atoms with Crippen molar-refractivity contribution in [1.29, 1.82) is 0 Å². The van der Waals surface area contributed by atoms with E-state index in [-0.39, 0.29) is 11.8 Å². The van der Waals surface area contributed by atoms with Crippen LogP contribution in [0.3, 0.4) is 0 Å². The van der Waals surface area contributed by atoms with Gasteiger partial charge in [-0.2, -0.15) is 0 Å². The van der Waals surface area contributed by atoms with Crippen LogP contribution < -0.4 is 15.5 Å². The van der Waals surface area contributed by atoms with Gasteiger partial charge in [-0.1, -0.05) is 12.1 Å². The average Bonchev–Trinajstić information content (AvgIpc) is 2.84. The van der Waals surface area contributed by atoms with E-state index in [2.05, 4.69) is 15.6 Å². The summed E-state index contributed by atoms with van der Waals surface area (Å²) in [6.45, 7) is 3.48. The highest BCUT2D eigenvalue weighted by molar-refractivity contribution is 6.13. The summed E-state index contributed by atoms with van der Waals surface area (Å²) in [6.07, 6.45) is 1.91. The van der Waals surface area contributed by atoms with Gasteiger partial charge in [0.05, 0.1) is 11.4 Å². The van der Waals surface area contributed by atoms with Crippen LogP contribution >= 0.6 is 0 Å². The predicted octanol–water partition coefficient (Wildman–Crippen LogP) is 2.90. The number of carbonyl (C=O) groups is 2. The van der Waals surface area contributed by atoms with E-state index in [1.165, 1.54) is 6.07 Å². The van der Waals surface area contributed by atoms with Crippen molar-refractivity contribution < 1.29 is 14.0 Å². The van der Waals surface area contributed by atoms with Crippen LogP contribution in [0.2, 0.25) is 0 Å². The topological polar surface area (TPSA) is 73.8 Å². The van der Waals surface area contributed by atoms with Crippen LogP contribution in [-0.4, -0.2) is 37.7 Å². The number of amides is 2. The molecular weight excluding hydrogens is 359 g/mol. The van der Waals surface area contributed by atoms with E-state index in [0.29, 0.717) is 37.4 Å². The van der Waals surface area contributed by atoms with Gasteiger partial charge >= 0.3 is 0 Å². The summed E-state index contributed by atoms with van der Waals surface area (Å²) in [5.41, 5.74) is 3.62. The maximum absolute atomic E-state index is 14.6. The van der Waals surface area contributed by atoms with Gasteiger partial charge in [-0.05, 0) is 36.2 Å². The van der Waals surface area contributed by atoms with Gasteiger partial charge < -0.3 is 15.5 Å². The van der Waals surface area contributed by atoms with Gasteiger partial charge in [0.25, 0.3) is 0 Å². The van der Waals surface area contributed by atoms with E-state index in [1.54, 1.807) is 18.3 Å². The molecule has 0 radical (unpaired) electrons. The molecule has 2 aliphatic heterocycles. The summed E-state index contributed by atoms with van der Waals surface area (Å²) < 4.78 is 14.6. The molecule has 2 heterocycles. The molecule has 2 aliphatic rings. The first-order chi connectivity index (χ1) is 13.5. The normalized spacial score (nSPS) is 19.4. The lowest BCUT2D eigenvalue weighted by Crippen LogP contribution is -2.28. The van der Waals surface area contributed by atoms with Crippen molar-refractivity contribution in [3.05, 3.63) is 53.3 Å². The molecule has 0 aliphatic carbocycles. The Bertz CT molecular complexity index is 973. The minimum atomic E-state index is -0.485. The number of fused-ring (bicyclic) bond motifs is 1. The first-order valence-corrected chi connectivity index (χ1v) is 9.28. The zero-order valence-corrected chi connectivity index (χ0v) is 15.5. The van der Waals surface area contributed by atoms with E-state index >= 15 is 0 Å². The minimum absolute atomic E-state index is 0.0189. The molecule has 6 nitrogen and oxygen atoms in total. The molecule has 0 aromatic heterocycles. The standard InChI is InChI=1S/C21H21FN4O2/c1-13-3-2-4-17-20(13)15(21(28)25-17)12-24-14-5-6-18(16(22)11-14)26-9-7-19(27)23-8-10-26/h2-6,11-12,15H,7-10H2,1H3,(H,23,27)(H,25,28). The molecule has 2 N–H and O–H groups in total. The van der Waals surface area contributed by atoms with E-state index in [4.69, 9.17) is 0 Å². The van der Waals surface area contributed by atoms with Crippen molar-refractivity contribution in [2.24, 2.45) is 4.99 Å². The third kappa shape index (κ3) is 3.47. The second-order valence-corrected chi connectivity index (χ2v) is 7.00. The number of hydrogen-bond donors (Lipinski definition) is 2. The van der Waals surface area contributed by atoms with Gasteiger partial charge in [0, 0.05) is 44.0 Å². The highest BCUT2D eigenvalue weighted by Gasteiger charge is 2.30. The minimum Gasteiger partial charge on any atom is -0.367 e. The quantitative estimate of drug-likeness (QED) is 0.804. The fourth-order valence-electron chi connectivity index (χ4n) is 3.69. The summed E-state index contributed by atoms with van der Waals surface area (Å²) in [6, 6.07) is 10.5. The molecule has 7 heteroatoms. The summed E-state index contributed by atoms with van der Waals surface area (Å²) >= 11 is 0. The second kappa shape index (κ2) is 7.42. The van der Waals surface area contributed by atoms with Crippen LogP contribution in [0.25, 0.3) is 0 Å². The predicted molar refractivity (Wildman–Crippen MR) is 107 cm³/mol. The van der Waals surface area contributed by atoms with Gasteiger partial charge in [0.1, 0.15) is 11.7 Å². The van der Waals surface area contributed by atoms with Crippen molar-refractivity contribution in [3.8, 4) is 0 Å². The summed E-state index contributed by atoms with van der Waals surface area (Å²) in [4.78, 5) is 29.9. The fourth-order valence-corrected chi connectivity index (χ4v) is 3.69. The molecule has 1 unspecified atom stereocenters. The van der Waals surface area contributed by atoms with Crippen molar-refractivity contribution in [2.75, 3.05) is 29.9 Å². The van der Waals surface area contributed by atoms with Crippen LogP contribution in [-0.2, 0) is 9.59 Å². The molecule has 0 spiro atoms. The lowest BCUT2D eigenvalue weighted by atomic mass is 9.97. The Hall–Kier alpha value is -3.22. The smallest absolute Gasteiger partial charge is 0.237 e. The number of aryl methyl sites for hydroxylation is 1. The van der Waals surface area contributed by atoms with Crippen molar-refractivity contribution in [2.45, 2.75) is 19.3 Å². The number of aliphatic imine (C=N–C) groups is 1. The monoisotopic (exact) mass is 380 g/mol. The molecule has 28 heavy (non-hydrogen) atoms. The largest absolute Gasteiger partial charge is 0.367 e. The third-order valence-corrected chi connectivity index (χ3v) is 5.13. The van der Waals surface area contributed by atoms with Crippen LogP contribution in [0.15, 0.2) is 41.4 Å². The number of nitrogens with zero attached hydrogens (tertiary/aromatic N) is 2. The Morgan fingerprint density at radius 2 is 2.07 bits per heavy atom. The number of benzene rings is 2.